The SMILES string of the molecule is Cc1cc(CC(C)N)ccc1N(C)Cc1csc(Br)c1. The van der Waals surface area contributed by atoms with Gasteiger partial charge in [-0.1, -0.05) is 12.1 Å². The predicted molar refractivity (Wildman–Crippen MR) is 92.7 cm³/mol. The summed E-state index contributed by atoms with van der Waals surface area (Å²) in [6.07, 6.45) is 0.933. The molecular weight excluding hydrogens is 332 g/mol. The molecular formula is C16H21BrN2S. The first-order valence-corrected chi connectivity index (χ1v) is 8.42. The smallest absolute Gasteiger partial charge is 0.0701 e. The summed E-state index contributed by atoms with van der Waals surface area (Å²) in [5.74, 6) is 0. The maximum atomic E-state index is 5.86. The van der Waals surface area contributed by atoms with E-state index in [9.17, 15) is 0 Å². The number of thiophene rings is 1. The van der Waals surface area contributed by atoms with Crippen LogP contribution in [-0.4, -0.2) is 13.1 Å². The molecule has 0 fully saturated rings. The molecule has 2 N–H and O–H groups in total. The molecule has 2 rings (SSSR count). The van der Waals surface area contributed by atoms with Gasteiger partial charge in [-0.25, -0.2) is 0 Å². The lowest BCUT2D eigenvalue weighted by Gasteiger charge is -2.22. The number of nitrogens with two attached hydrogens (primary N) is 1. The van der Waals surface area contributed by atoms with Crippen molar-refractivity contribution in [2.24, 2.45) is 5.73 Å². The van der Waals surface area contributed by atoms with E-state index in [4.69, 9.17) is 5.73 Å². The molecule has 0 amide bonds. The topological polar surface area (TPSA) is 29.3 Å². The minimum absolute atomic E-state index is 0.209. The van der Waals surface area contributed by atoms with E-state index >= 15 is 0 Å². The summed E-state index contributed by atoms with van der Waals surface area (Å²) in [6, 6.07) is 9.03. The van der Waals surface area contributed by atoms with E-state index in [1.165, 1.54) is 26.2 Å². The van der Waals surface area contributed by atoms with Gasteiger partial charge < -0.3 is 10.6 Å². The number of benzene rings is 1. The maximum absolute atomic E-state index is 5.86. The number of anilines is 1. The molecule has 0 saturated heterocycles. The second-order valence-corrected chi connectivity index (χ2v) is 7.71. The van der Waals surface area contributed by atoms with Crippen LogP contribution in [0.1, 0.15) is 23.6 Å². The van der Waals surface area contributed by atoms with Gasteiger partial charge in [0.2, 0.25) is 0 Å². The third-order valence-corrected chi connectivity index (χ3v) is 4.82. The normalized spacial score (nSPS) is 12.4. The first-order chi connectivity index (χ1) is 9.45. The van der Waals surface area contributed by atoms with Crippen molar-refractivity contribution in [2.75, 3.05) is 11.9 Å². The van der Waals surface area contributed by atoms with Gasteiger partial charge in [-0.2, -0.15) is 0 Å². The molecule has 0 radical (unpaired) electrons. The minimum atomic E-state index is 0.209. The molecule has 108 valence electrons. The Morgan fingerprint density at radius 2 is 2.05 bits per heavy atom. The van der Waals surface area contributed by atoms with Gasteiger partial charge in [0.1, 0.15) is 0 Å². The molecule has 2 aromatic rings. The zero-order chi connectivity index (χ0) is 14.7. The first kappa shape index (κ1) is 15.5. The van der Waals surface area contributed by atoms with Crippen LogP contribution in [0.15, 0.2) is 33.4 Å². The quantitative estimate of drug-likeness (QED) is 0.866. The molecule has 0 aliphatic heterocycles. The van der Waals surface area contributed by atoms with Gasteiger partial charge >= 0.3 is 0 Å². The van der Waals surface area contributed by atoms with Gasteiger partial charge in [-0.3, -0.25) is 0 Å². The summed E-state index contributed by atoms with van der Waals surface area (Å²) in [5, 5.41) is 2.19. The van der Waals surface area contributed by atoms with Crippen LogP contribution < -0.4 is 10.6 Å². The summed E-state index contributed by atoms with van der Waals surface area (Å²) in [5.41, 5.74) is 11.1. The van der Waals surface area contributed by atoms with Crippen LogP contribution in [0.3, 0.4) is 0 Å². The van der Waals surface area contributed by atoms with Crippen LogP contribution in [0.2, 0.25) is 0 Å². The van der Waals surface area contributed by atoms with Gasteiger partial charge in [0, 0.05) is 25.3 Å². The van der Waals surface area contributed by atoms with Crippen LogP contribution in [0.5, 0.6) is 0 Å². The molecule has 0 aliphatic rings. The van der Waals surface area contributed by atoms with E-state index in [-0.39, 0.29) is 6.04 Å². The molecule has 1 aromatic heterocycles. The van der Waals surface area contributed by atoms with Crippen LogP contribution in [0.25, 0.3) is 0 Å². The van der Waals surface area contributed by atoms with E-state index in [0.717, 1.165) is 13.0 Å². The van der Waals surface area contributed by atoms with Gasteiger partial charge in [-0.05, 0) is 70.4 Å². The van der Waals surface area contributed by atoms with Crippen LogP contribution in [0.4, 0.5) is 5.69 Å². The number of rotatable bonds is 5. The number of hydrogen-bond donors (Lipinski definition) is 1. The standard InChI is InChI=1S/C16H21BrN2S/c1-11-6-13(7-12(2)18)4-5-15(11)19(3)9-14-8-16(17)20-10-14/h4-6,8,10,12H,7,9,18H2,1-3H3. The maximum Gasteiger partial charge on any atom is 0.0701 e. The zero-order valence-electron chi connectivity index (χ0n) is 12.2. The molecule has 20 heavy (non-hydrogen) atoms. The Kier molecular flexibility index (Phi) is 5.24. The Morgan fingerprint density at radius 1 is 1.30 bits per heavy atom. The largest absolute Gasteiger partial charge is 0.370 e. The molecule has 1 aromatic carbocycles. The fourth-order valence-corrected chi connectivity index (χ4v) is 3.63. The average molecular weight is 353 g/mol. The van der Waals surface area contributed by atoms with Gasteiger partial charge in [-0.15, -0.1) is 11.3 Å². The molecule has 1 heterocycles. The van der Waals surface area contributed by atoms with E-state index in [1.54, 1.807) is 11.3 Å². The zero-order valence-corrected chi connectivity index (χ0v) is 14.6. The molecule has 0 spiro atoms. The van der Waals surface area contributed by atoms with Crippen molar-refractivity contribution in [3.8, 4) is 0 Å². The van der Waals surface area contributed by atoms with E-state index in [0.29, 0.717) is 0 Å². The Hall–Kier alpha value is -0.840. The number of halogens is 1. The van der Waals surface area contributed by atoms with E-state index in [1.807, 2.05) is 6.92 Å². The van der Waals surface area contributed by atoms with E-state index in [2.05, 4.69) is 64.4 Å². The van der Waals surface area contributed by atoms with Crippen molar-refractivity contribution in [3.05, 3.63) is 50.1 Å². The summed E-state index contributed by atoms with van der Waals surface area (Å²) in [6.45, 7) is 5.14. The summed E-state index contributed by atoms with van der Waals surface area (Å²) in [4.78, 5) is 2.29. The van der Waals surface area contributed by atoms with Gasteiger partial charge in [0.05, 0.1) is 3.79 Å². The molecule has 1 unspecified atom stereocenters. The molecule has 2 nitrogen and oxygen atoms in total. The average Bonchev–Trinajstić information content (AvgIpc) is 2.73. The summed E-state index contributed by atoms with van der Waals surface area (Å²) in [7, 11) is 2.14. The second-order valence-electron chi connectivity index (χ2n) is 5.42. The lowest BCUT2D eigenvalue weighted by Crippen LogP contribution is -2.19. The molecule has 4 heteroatoms. The fourth-order valence-electron chi connectivity index (χ4n) is 2.43. The molecule has 0 saturated carbocycles. The predicted octanol–water partition coefficient (Wildman–Crippen LogP) is 4.35. The highest BCUT2D eigenvalue weighted by molar-refractivity contribution is 9.11. The lowest BCUT2D eigenvalue weighted by atomic mass is 10.0. The monoisotopic (exact) mass is 352 g/mol. The number of aryl methyl sites for hydroxylation is 1. The molecule has 0 bridgehead atoms. The van der Waals surface area contributed by atoms with Gasteiger partial charge in [0.25, 0.3) is 0 Å². The van der Waals surface area contributed by atoms with Crippen LogP contribution in [-0.2, 0) is 13.0 Å². The third-order valence-electron chi connectivity index (χ3n) is 3.27. The van der Waals surface area contributed by atoms with Crippen LogP contribution >= 0.6 is 27.3 Å². The van der Waals surface area contributed by atoms with Crippen molar-refractivity contribution in [1.82, 2.24) is 0 Å². The second kappa shape index (κ2) is 6.74. The fraction of sp³-hybridized carbons (Fsp3) is 0.375. The van der Waals surface area contributed by atoms with Gasteiger partial charge in [0.15, 0.2) is 0 Å². The molecule has 1 atom stereocenters. The van der Waals surface area contributed by atoms with Crippen LogP contribution in [0, 0.1) is 6.92 Å². The highest BCUT2D eigenvalue weighted by atomic mass is 79.9. The minimum Gasteiger partial charge on any atom is -0.370 e. The lowest BCUT2D eigenvalue weighted by molar-refractivity contribution is 0.737. The first-order valence-electron chi connectivity index (χ1n) is 6.75. The van der Waals surface area contributed by atoms with Crippen molar-refractivity contribution in [2.45, 2.75) is 32.9 Å². The highest BCUT2D eigenvalue weighted by Crippen LogP contribution is 2.25. The Labute approximate surface area is 133 Å². The van der Waals surface area contributed by atoms with Crippen molar-refractivity contribution >= 4 is 33.0 Å². The highest BCUT2D eigenvalue weighted by Gasteiger charge is 2.08. The van der Waals surface area contributed by atoms with Crippen molar-refractivity contribution < 1.29 is 0 Å². The summed E-state index contributed by atoms with van der Waals surface area (Å²) >= 11 is 5.24. The molecule has 0 aliphatic carbocycles. The Bertz CT molecular complexity index is 578. The van der Waals surface area contributed by atoms with Crippen molar-refractivity contribution in [1.29, 1.82) is 0 Å². The van der Waals surface area contributed by atoms with E-state index < -0.39 is 0 Å². The van der Waals surface area contributed by atoms with Crippen molar-refractivity contribution in [3.63, 3.8) is 0 Å². The Balaban J connectivity index is 2.11. The number of nitrogens with zero attached hydrogens (tertiary/aromatic N) is 1. The summed E-state index contributed by atoms with van der Waals surface area (Å²) < 4.78 is 1.19. The number of hydrogen-bond acceptors (Lipinski definition) is 3. The third kappa shape index (κ3) is 4.08. The Morgan fingerprint density at radius 3 is 2.60 bits per heavy atom.